The normalized spacial score (nSPS) is 18.6. The Kier molecular flexibility index (Phi) is 8.07. The summed E-state index contributed by atoms with van der Waals surface area (Å²) in [7, 11) is -1.89. The molecule has 2 aromatic carbocycles. The van der Waals surface area contributed by atoms with Crippen molar-refractivity contribution in [1.82, 2.24) is 19.8 Å². The van der Waals surface area contributed by atoms with Gasteiger partial charge in [0.2, 0.25) is 10.0 Å². The minimum absolute atomic E-state index is 0.0953. The predicted octanol–water partition coefficient (Wildman–Crippen LogP) is 2.98. The first kappa shape index (κ1) is 24.5. The third-order valence-electron chi connectivity index (χ3n) is 6.69. The molecule has 2 aliphatic heterocycles. The zero-order valence-electron chi connectivity index (χ0n) is 19.7. The zero-order valence-corrected chi connectivity index (χ0v) is 20.5. The minimum atomic E-state index is -3.55. The number of nitrogens with zero attached hydrogens (tertiary/aromatic N) is 2. The molecule has 0 saturated carbocycles. The number of hydrogen-bond donors (Lipinski definition) is 2. The SMILES string of the molecule is COc1ccc([C@H](CNC(=O)N2CCC(NS(=O)(=O)c3ccccc3)CC2)N2CCCC2)cc1. The van der Waals surface area contributed by atoms with Crippen LogP contribution in [0.3, 0.4) is 0 Å². The summed E-state index contributed by atoms with van der Waals surface area (Å²) >= 11 is 0. The lowest BCUT2D eigenvalue weighted by Crippen LogP contribution is -2.50. The number of carbonyl (C=O) groups is 1. The smallest absolute Gasteiger partial charge is 0.317 e. The van der Waals surface area contributed by atoms with Crippen molar-refractivity contribution in [3.05, 3.63) is 60.2 Å². The summed E-state index contributed by atoms with van der Waals surface area (Å²) < 4.78 is 33.2. The van der Waals surface area contributed by atoms with Crippen molar-refractivity contribution in [3.63, 3.8) is 0 Å². The summed E-state index contributed by atoms with van der Waals surface area (Å²) in [6.07, 6.45) is 3.53. The zero-order chi connectivity index (χ0) is 24.0. The van der Waals surface area contributed by atoms with Crippen molar-refractivity contribution in [2.24, 2.45) is 0 Å². The Hall–Kier alpha value is -2.62. The first-order valence-corrected chi connectivity index (χ1v) is 13.4. The molecule has 2 aromatic rings. The number of hydrogen-bond acceptors (Lipinski definition) is 5. The molecule has 4 rings (SSSR count). The molecule has 0 aromatic heterocycles. The molecule has 2 fully saturated rings. The monoisotopic (exact) mass is 486 g/mol. The molecule has 8 nitrogen and oxygen atoms in total. The number of amides is 2. The standard InChI is InChI=1S/C25H34N4O4S/c1-33-22-11-9-20(10-12-22)24(28-15-5-6-16-28)19-26-25(30)29-17-13-21(14-18-29)27-34(31,32)23-7-3-2-4-8-23/h2-4,7-12,21,24,27H,5-6,13-19H2,1H3,(H,26,30)/t24-/m0/s1. The summed E-state index contributed by atoms with van der Waals surface area (Å²) in [4.78, 5) is 17.4. The van der Waals surface area contributed by atoms with Gasteiger partial charge in [-0.1, -0.05) is 30.3 Å². The Morgan fingerprint density at radius 2 is 1.65 bits per heavy atom. The summed E-state index contributed by atoms with van der Waals surface area (Å²) in [5, 5.41) is 3.12. The maximum atomic E-state index is 12.9. The van der Waals surface area contributed by atoms with Gasteiger partial charge in [0.1, 0.15) is 5.75 Å². The Balaban J connectivity index is 1.30. The predicted molar refractivity (Wildman–Crippen MR) is 131 cm³/mol. The van der Waals surface area contributed by atoms with Gasteiger partial charge in [-0.25, -0.2) is 17.9 Å². The Labute approximate surface area is 202 Å². The van der Waals surface area contributed by atoms with Gasteiger partial charge in [0.25, 0.3) is 0 Å². The van der Waals surface area contributed by atoms with E-state index in [1.807, 2.05) is 12.1 Å². The molecule has 0 radical (unpaired) electrons. The number of sulfonamides is 1. The molecule has 2 aliphatic rings. The van der Waals surface area contributed by atoms with E-state index in [9.17, 15) is 13.2 Å². The van der Waals surface area contributed by atoms with Crippen molar-refractivity contribution >= 4 is 16.1 Å². The van der Waals surface area contributed by atoms with Gasteiger partial charge in [-0.2, -0.15) is 0 Å². The molecule has 0 spiro atoms. The van der Waals surface area contributed by atoms with E-state index in [0.717, 1.165) is 24.4 Å². The van der Waals surface area contributed by atoms with E-state index in [1.54, 1.807) is 42.3 Å². The topological polar surface area (TPSA) is 91.0 Å². The Bertz CT molecular complexity index is 1030. The molecule has 2 N–H and O–H groups in total. The van der Waals surface area contributed by atoms with E-state index in [0.29, 0.717) is 32.5 Å². The van der Waals surface area contributed by atoms with E-state index < -0.39 is 10.0 Å². The van der Waals surface area contributed by atoms with Crippen molar-refractivity contribution in [2.75, 3.05) is 39.8 Å². The van der Waals surface area contributed by atoms with Crippen LogP contribution >= 0.6 is 0 Å². The highest BCUT2D eigenvalue weighted by Crippen LogP contribution is 2.26. The molecule has 2 heterocycles. The summed E-state index contributed by atoms with van der Waals surface area (Å²) in [6.45, 7) is 3.63. The van der Waals surface area contributed by atoms with Crippen molar-refractivity contribution in [2.45, 2.75) is 42.7 Å². The maximum absolute atomic E-state index is 12.9. The lowest BCUT2D eigenvalue weighted by atomic mass is 10.0. The molecular formula is C25H34N4O4S. The highest BCUT2D eigenvalue weighted by Gasteiger charge is 2.28. The first-order chi connectivity index (χ1) is 16.5. The van der Waals surface area contributed by atoms with Crippen LogP contribution in [0, 0.1) is 0 Å². The lowest BCUT2D eigenvalue weighted by Gasteiger charge is -2.33. The van der Waals surface area contributed by atoms with Gasteiger partial charge >= 0.3 is 6.03 Å². The molecule has 2 saturated heterocycles. The maximum Gasteiger partial charge on any atom is 0.317 e. The van der Waals surface area contributed by atoms with Crippen molar-refractivity contribution < 1.29 is 17.9 Å². The van der Waals surface area contributed by atoms with E-state index in [2.05, 4.69) is 27.1 Å². The fraction of sp³-hybridized carbons (Fsp3) is 0.480. The minimum Gasteiger partial charge on any atom is -0.497 e. The molecule has 184 valence electrons. The fourth-order valence-corrected chi connectivity index (χ4v) is 6.05. The third kappa shape index (κ3) is 6.08. The van der Waals surface area contributed by atoms with Gasteiger partial charge < -0.3 is 15.0 Å². The highest BCUT2D eigenvalue weighted by atomic mass is 32.2. The van der Waals surface area contributed by atoms with Gasteiger partial charge in [0, 0.05) is 25.7 Å². The van der Waals surface area contributed by atoms with Crippen LogP contribution in [-0.2, 0) is 10.0 Å². The number of urea groups is 1. The number of methoxy groups -OCH3 is 1. The molecule has 0 aliphatic carbocycles. The molecule has 34 heavy (non-hydrogen) atoms. The summed E-state index contributed by atoms with van der Waals surface area (Å²) in [5.41, 5.74) is 1.16. The number of rotatable bonds is 8. The highest BCUT2D eigenvalue weighted by molar-refractivity contribution is 7.89. The van der Waals surface area contributed by atoms with Crippen LogP contribution in [0.5, 0.6) is 5.75 Å². The van der Waals surface area contributed by atoms with Crippen LogP contribution in [0.15, 0.2) is 59.5 Å². The number of piperidine rings is 1. The number of ether oxygens (including phenoxy) is 1. The van der Waals surface area contributed by atoms with Crippen LogP contribution in [0.25, 0.3) is 0 Å². The van der Waals surface area contributed by atoms with Gasteiger partial charge in [-0.3, -0.25) is 4.90 Å². The van der Waals surface area contributed by atoms with E-state index in [4.69, 9.17) is 4.74 Å². The van der Waals surface area contributed by atoms with Gasteiger partial charge in [-0.05, 0) is 68.6 Å². The second-order valence-corrected chi connectivity index (χ2v) is 10.6. The molecule has 1 atom stereocenters. The van der Waals surface area contributed by atoms with Gasteiger partial charge in [-0.15, -0.1) is 0 Å². The van der Waals surface area contributed by atoms with Crippen LogP contribution in [0.4, 0.5) is 4.79 Å². The van der Waals surface area contributed by atoms with Crippen LogP contribution in [0.2, 0.25) is 0 Å². The second-order valence-electron chi connectivity index (χ2n) is 8.91. The Morgan fingerprint density at radius 1 is 1.00 bits per heavy atom. The lowest BCUT2D eigenvalue weighted by molar-refractivity contribution is 0.173. The van der Waals surface area contributed by atoms with Crippen LogP contribution in [-0.4, -0.2) is 70.1 Å². The Morgan fingerprint density at radius 3 is 2.26 bits per heavy atom. The molecule has 0 bridgehead atoms. The average Bonchev–Trinajstić information content (AvgIpc) is 3.40. The van der Waals surface area contributed by atoms with E-state index in [-0.39, 0.29) is 23.0 Å². The number of benzene rings is 2. The molecule has 0 unspecified atom stereocenters. The summed E-state index contributed by atoms with van der Waals surface area (Å²) in [6, 6.07) is 16.3. The number of nitrogens with one attached hydrogen (secondary N) is 2. The van der Waals surface area contributed by atoms with Crippen molar-refractivity contribution in [3.8, 4) is 5.75 Å². The van der Waals surface area contributed by atoms with Crippen molar-refractivity contribution in [1.29, 1.82) is 0 Å². The third-order valence-corrected chi connectivity index (χ3v) is 8.22. The largest absolute Gasteiger partial charge is 0.497 e. The van der Waals surface area contributed by atoms with Gasteiger partial charge in [0.15, 0.2) is 0 Å². The molecule has 9 heteroatoms. The first-order valence-electron chi connectivity index (χ1n) is 11.9. The summed E-state index contributed by atoms with van der Waals surface area (Å²) in [5.74, 6) is 0.818. The van der Waals surface area contributed by atoms with Crippen LogP contribution in [0.1, 0.15) is 37.3 Å². The van der Waals surface area contributed by atoms with Gasteiger partial charge in [0.05, 0.1) is 18.0 Å². The van der Waals surface area contributed by atoms with E-state index >= 15 is 0 Å². The van der Waals surface area contributed by atoms with Crippen LogP contribution < -0.4 is 14.8 Å². The quantitative estimate of drug-likeness (QED) is 0.599. The van der Waals surface area contributed by atoms with E-state index in [1.165, 1.54) is 12.8 Å². The molecule has 2 amide bonds. The molecular weight excluding hydrogens is 452 g/mol. The number of carbonyl (C=O) groups excluding carboxylic acids is 1. The fourth-order valence-electron chi connectivity index (χ4n) is 4.72. The average molecular weight is 487 g/mol. The number of likely N-dealkylation sites (tertiary alicyclic amines) is 2. The second kappa shape index (κ2) is 11.2.